The van der Waals surface area contributed by atoms with Crippen LogP contribution < -0.4 is 5.32 Å². The standard InChI is InChI=1S/C20H18FN3O3S2/c1-13-11-22-20(28-13)23-19(25)17-10-14-6-2-3-7-15(14)12-24(17)29(26,27)18-9-5-4-8-16(18)21/h2-9,11,17H,10,12H2,1H3,(H,22,23,25)/t17-/m0/s1. The molecular formula is C20H18FN3O3S2. The van der Waals surface area contributed by atoms with Crippen molar-refractivity contribution in [1.29, 1.82) is 0 Å². The van der Waals surface area contributed by atoms with Crippen LogP contribution in [0.5, 0.6) is 0 Å². The number of sulfonamides is 1. The zero-order chi connectivity index (χ0) is 20.6. The first-order valence-corrected chi connectivity index (χ1v) is 11.2. The van der Waals surface area contributed by atoms with Crippen LogP contribution in [0.15, 0.2) is 59.6 Å². The van der Waals surface area contributed by atoms with Gasteiger partial charge in [0.25, 0.3) is 0 Å². The number of halogens is 1. The summed E-state index contributed by atoms with van der Waals surface area (Å²) in [6.07, 6.45) is 1.82. The predicted molar refractivity (Wildman–Crippen MR) is 109 cm³/mol. The fraction of sp³-hybridized carbons (Fsp3) is 0.200. The van der Waals surface area contributed by atoms with Crippen LogP contribution in [0, 0.1) is 12.7 Å². The van der Waals surface area contributed by atoms with Crippen molar-refractivity contribution in [3.63, 3.8) is 0 Å². The number of nitrogens with zero attached hydrogens (tertiary/aromatic N) is 2. The zero-order valence-corrected chi connectivity index (χ0v) is 17.1. The first kappa shape index (κ1) is 19.7. The molecule has 1 N–H and O–H groups in total. The van der Waals surface area contributed by atoms with Gasteiger partial charge in [-0.3, -0.25) is 4.79 Å². The van der Waals surface area contributed by atoms with E-state index in [2.05, 4.69) is 10.3 Å². The first-order valence-electron chi connectivity index (χ1n) is 8.93. The lowest BCUT2D eigenvalue weighted by molar-refractivity contribution is -0.120. The molecule has 29 heavy (non-hydrogen) atoms. The highest BCUT2D eigenvalue weighted by Gasteiger charge is 2.40. The van der Waals surface area contributed by atoms with Gasteiger partial charge in [0.15, 0.2) is 5.13 Å². The predicted octanol–water partition coefficient (Wildman–Crippen LogP) is 3.34. The molecule has 0 radical (unpaired) electrons. The molecule has 0 unspecified atom stereocenters. The lowest BCUT2D eigenvalue weighted by atomic mass is 9.95. The van der Waals surface area contributed by atoms with Crippen molar-refractivity contribution >= 4 is 32.4 Å². The van der Waals surface area contributed by atoms with E-state index in [1.54, 1.807) is 6.20 Å². The minimum atomic E-state index is -4.24. The summed E-state index contributed by atoms with van der Waals surface area (Å²) in [5, 5.41) is 3.10. The summed E-state index contributed by atoms with van der Waals surface area (Å²) >= 11 is 1.30. The number of carbonyl (C=O) groups is 1. The smallest absolute Gasteiger partial charge is 0.247 e. The van der Waals surface area contributed by atoms with Crippen molar-refractivity contribution in [2.75, 3.05) is 5.32 Å². The van der Waals surface area contributed by atoms with E-state index in [1.807, 2.05) is 31.2 Å². The van der Waals surface area contributed by atoms with Crippen LogP contribution in [0.1, 0.15) is 16.0 Å². The highest BCUT2D eigenvalue weighted by molar-refractivity contribution is 7.89. The summed E-state index contributed by atoms with van der Waals surface area (Å²) in [5.74, 6) is -1.34. The Morgan fingerprint density at radius 1 is 1.17 bits per heavy atom. The maximum atomic E-state index is 14.3. The average Bonchev–Trinajstić information content (AvgIpc) is 3.11. The first-order chi connectivity index (χ1) is 13.9. The van der Waals surface area contributed by atoms with Crippen LogP contribution in [-0.4, -0.2) is 29.7 Å². The van der Waals surface area contributed by atoms with Crippen molar-refractivity contribution < 1.29 is 17.6 Å². The molecular weight excluding hydrogens is 413 g/mol. The van der Waals surface area contributed by atoms with Gasteiger partial charge in [0, 0.05) is 17.6 Å². The number of carbonyl (C=O) groups excluding carboxylic acids is 1. The maximum absolute atomic E-state index is 14.3. The second-order valence-corrected chi connectivity index (χ2v) is 9.83. The highest BCUT2D eigenvalue weighted by Crippen LogP contribution is 2.31. The monoisotopic (exact) mass is 431 g/mol. The Labute approximate surface area is 172 Å². The van der Waals surface area contributed by atoms with E-state index in [0.717, 1.165) is 26.4 Å². The van der Waals surface area contributed by atoms with Gasteiger partial charge in [0.2, 0.25) is 15.9 Å². The summed E-state index contributed by atoms with van der Waals surface area (Å²) in [7, 11) is -4.24. The number of thiazole rings is 1. The number of rotatable bonds is 4. The van der Waals surface area contributed by atoms with Gasteiger partial charge in [0.05, 0.1) is 0 Å². The van der Waals surface area contributed by atoms with Crippen molar-refractivity contribution in [3.8, 4) is 0 Å². The Balaban J connectivity index is 1.74. The SMILES string of the molecule is Cc1cnc(NC(=O)[C@@H]2Cc3ccccc3CN2S(=O)(=O)c2ccccc2F)s1. The van der Waals surface area contributed by atoms with E-state index >= 15 is 0 Å². The Morgan fingerprint density at radius 2 is 1.86 bits per heavy atom. The number of hydrogen-bond donors (Lipinski definition) is 1. The van der Waals surface area contributed by atoms with Crippen LogP contribution in [0.3, 0.4) is 0 Å². The lowest BCUT2D eigenvalue weighted by Gasteiger charge is -2.34. The second kappa shape index (κ2) is 7.66. The molecule has 0 saturated carbocycles. The zero-order valence-electron chi connectivity index (χ0n) is 15.5. The van der Waals surface area contributed by atoms with Crippen LogP contribution >= 0.6 is 11.3 Å². The molecule has 1 aliphatic rings. The molecule has 1 aromatic heterocycles. The molecule has 0 spiro atoms. The molecule has 0 saturated heterocycles. The van der Waals surface area contributed by atoms with Crippen molar-refractivity contribution in [2.24, 2.45) is 0 Å². The van der Waals surface area contributed by atoms with Crippen molar-refractivity contribution in [2.45, 2.75) is 30.8 Å². The molecule has 4 rings (SSSR count). The largest absolute Gasteiger partial charge is 0.301 e. The molecule has 0 fully saturated rings. The van der Waals surface area contributed by atoms with Crippen LogP contribution in [0.25, 0.3) is 0 Å². The van der Waals surface area contributed by atoms with Crippen LogP contribution in [0.4, 0.5) is 9.52 Å². The van der Waals surface area contributed by atoms with E-state index in [4.69, 9.17) is 0 Å². The number of benzene rings is 2. The minimum Gasteiger partial charge on any atom is -0.301 e. The number of nitrogens with one attached hydrogen (secondary N) is 1. The highest BCUT2D eigenvalue weighted by atomic mass is 32.2. The topological polar surface area (TPSA) is 79.4 Å². The van der Waals surface area contributed by atoms with Crippen molar-refractivity contribution in [1.82, 2.24) is 9.29 Å². The lowest BCUT2D eigenvalue weighted by Crippen LogP contribution is -2.50. The van der Waals surface area contributed by atoms with E-state index < -0.39 is 32.7 Å². The number of aryl methyl sites for hydroxylation is 1. The molecule has 6 nitrogen and oxygen atoms in total. The van der Waals surface area contributed by atoms with Gasteiger partial charge in [-0.15, -0.1) is 11.3 Å². The second-order valence-electron chi connectivity index (χ2n) is 6.73. The molecule has 1 amide bonds. The summed E-state index contributed by atoms with van der Waals surface area (Å²) in [5.41, 5.74) is 1.68. The van der Waals surface area contributed by atoms with Gasteiger partial charge in [0.1, 0.15) is 16.8 Å². The molecule has 0 bridgehead atoms. The van der Waals surface area contributed by atoms with Gasteiger partial charge in [-0.2, -0.15) is 4.31 Å². The number of amides is 1. The van der Waals surface area contributed by atoms with Gasteiger partial charge >= 0.3 is 0 Å². The Hall–Kier alpha value is -2.62. The Bertz CT molecular complexity index is 1180. The summed E-state index contributed by atoms with van der Waals surface area (Å²) in [4.78, 5) is 17.6. The fourth-order valence-corrected chi connectivity index (χ4v) is 5.66. The number of aromatic nitrogens is 1. The molecule has 2 aromatic carbocycles. The number of anilines is 1. The van der Waals surface area contributed by atoms with Crippen molar-refractivity contribution in [3.05, 3.63) is 76.5 Å². The minimum absolute atomic E-state index is 0.0121. The average molecular weight is 432 g/mol. The van der Waals surface area contributed by atoms with E-state index in [9.17, 15) is 17.6 Å². The fourth-order valence-electron chi connectivity index (χ4n) is 3.36. The quantitative estimate of drug-likeness (QED) is 0.687. The molecule has 9 heteroatoms. The molecule has 150 valence electrons. The molecule has 2 heterocycles. The van der Waals surface area contributed by atoms with E-state index in [0.29, 0.717) is 5.13 Å². The molecule has 3 aromatic rings. The molecule has 1 atom stereocenters. The number of fused-ring (bicyclic) bond motifs is 1. The third-order valence-corrected chi connectivity index (χ3v) is 7.50. The summed E-state index contributed by atoms with van der Waals surface area (Å²) < 4.78 is 41.9. The van der Waals surface area contributed by atoms with Gasteiger partial charge in [-0.1, -0.05) is 36.4 Å². The summed E-state index contributed by atoms with van der Waals surface area (Å²) in [6.45, 7) is 1.85. The van der Waals surface area contributed by atoms with E-state index in [-0.39, 0.29) is 13.0 Å². The Kier molecular flexibility index (Phi) is 5.20. The van der Waals surface area contributed by atoms with Crippen LogP contribution in [0.2, 0.25) is 0 Å². The van der Waals surface area contributed by atoms with Gasteiger partial charge in [-0.25, -0.2) is 17.8 Å². The number of hydrogen-bond acceptors (Lipinski definition) is 5. The van der Waals surface area contributed by atoms with Gasteiger partial charge < -0.3 is 5.32 Å². The third kappa shape index (κ3) is 3.81. The van der Waals surface area contributed by atoms with E-state index in [1.165, 1.54) is 29.5 Å². The maximum Gasteiger partial charge on any atom is 0.247 e. The van der Waals surface area contributed by atoms with Crippen LogP contribution in [-0.2, 0) is 27.8 Å². The summed E-state index contributed by atoms with van der Waals surface area (Å²) in [6, 6.07) is 11.5. The normalized spacial score (nSPS) is 17.0. The molecule has 1 aliphatic heterocycles. The molecule has 0 aliphatic carbocycles. The third-order valence-electron chi connectivity index (χ3n) is 4.78. The Morgan fingerprint density at radius 3 is 2.55 bits per heavy atom. The van der Waals surface area contributed by atoms with Gasteiger partial charge in [-0.05, 0) is 36.6 Å².